The Morgan fingerprint density at radius 1 is 1.44 bits per heavy atom. The lowest BCUT2D eigenvalue weighted by Gasteiger charge is -2.39. The molecule has 1 aromatic heterocycles. The number of aromatic nitrogens is 1. The first-order valence-corrected chi connectivity index (χ1v) is 6.80. The first-order chi connectivity index (χ1) is 8.67. The fraction of sp³-hybridized carbons (Fsp3) is 0.643. The highest BCUT2D eigenvalue weighted by Gasteiger charge is 2.28. The molecular weight excluding hydrogens is 224 g/mol. The second kappa shape index (κ2) is 5.67. The summed E-state index contributed by atoms with van der Waals surface area (Å²) in [6, 6.07) is 4.06. The summed E-state index contributed by atoms with van der Waals surface area (Å²) in [5.41, 5.74) is 4.40. The van der Waals surface area contributed by atoms with E-state index in [4.69, 9.17) is 5.84 Å². The summed E-state index contributed by atoms with van der Waals surface area (Å²) in [5.74, 6) is 6.28. The zero-order valence-corrected chi connectivity index (χ0v) is 11.4. The molecule has 18 heavy (non-hydrogen) atoms. The van der Waals surface area contributed by atoms with Crippen molar-refractivity contribution in [3.63, 3.8) is 0 Å². The van der Waals surface area contributed by atoms with Crippen LogP contribution in [0.2, 0.25) is 0 Å². The SMILES string of the molecule is CCC1(C)CCN(Cc2cccnc2NN)CC1. The van der Waals surface area contributed by atoms with Gasteiger partial charge in [0.15, 0.2) is 0 Å². The Morgan fingerprint density at radius 3 is 2.78 bits per heavy atom. The lowest BCUT2D eigenvalue weighted by Crippen LogP contribution is -2.38. The fourth-order valence-corrected chi connectivity index (χ4v) is 2.54. The molecule has 2 rings (SSSR count). The van der Waals surface area contributed by atoms with Crippen molar-refractivity contribution >= 4 is 5.82 Å². The molecule has 0 aromatic carbocycles. The van der Waals surface area contributed by atoms with Gasteiger partial charge in [-0.05, 0) is 37.4 Å². The molecule has 4 heteroatoms. The van der Waals surface area contributed by atoms with Crippen LogP contribution in [0.15, 0.2) is 18.3 Å². The summed E-state index contributed by atoms with van der Waals surface area (Å²) in [4.78, 5) is 6.74. The number of nitrogens with one attached hydrogen (secondary N) is 1. The van der Waals surface area contributed by atoms with Gasteiger partial charge in [-0.15, -0.1) is 0 Å². The molecule has 0 radical (unpaired) electrons. The number of hydrogen-bond donors (Lipinski definition) is 2. The largest absolute Gasteiger partial charge is 0.308 e. The van der Waals surface area contributed by atoms with E-state index in [1.807, 2.05) is 6.07 Å². The van der Waals surface area contributed by atoms with Crippen LogP contribution in [-0.2, 0) is 6.54 Å². The third-order valence-electron chi connectivity index (χ3n) is 4.34. The number of likely N-dealkylation sites (tertiary alicyclic amines) is 1. The van der Waals surface area contributed by atoms with Gasteiger partial charge < -0.3 is 5.43 Å². The third kappa shape index (κ3) is 3.00. The Hall–Kier alpha value is -1.13. The van der Waals surface area contributed by atoms with E-state index in [0.717, 1.165) is 12.4 Å². The zero-order chi connectivity index (χ0) is 13.0. The number of anilines is 1. The highest BCUT2D eigenvalue weighted by molar-refractivity contribution is 5.42. The van der Waals surface area contributed by atoms with Gasteiger partial charge >= 0.3 is 0 Å². The number of piperidine rings is 1. The maximum absolute atomic E-state index is 5.49. The molecule has 1 aromatic rings. The second-order valence-corrected chi connectivity index (χ2v) is 5.60. The standard InChI is InChI=1S/C14H24N4/c1-3-14(2)6-9-18(10-7-14)11-12-5-4-8-16-13(12)17-15/h4-5,8H,3,6-7,9-11,15H2,1-2H3,(H,16,17). The van der Waals surface area contributed by atoms with Gasteiger partial charge in [0.25, 0.3) is 0 Å². The quantitative estimate of drug-likeness (QED) is 0.634. The first-order valence-electron chi connectivity index (χ1n) is 6.80. The summed E-state index contributed by atoms with van der Waals surface area (Å²) >= 11 is 0. The van der Waals surface area contributed by atoms with E-state index < -0.39 is 0 Å². The summed E-state index contributed by atoms with van der Waals surface area (Å²) < 4.78 is 0. The van der Waals surface area contributed by atoms with Crippen LogP contribution in [-0.4, -0.2) is 23.0 Å². The van der Waals surface area contributed by atoms with E-state index in [2.05, 4.69) is 35.2 Å². The van der Waals surface area contributed by atoms with Gasteiger partial charge in [0.05, 0.1) is 0 Å². The maximum Gasteiger partial charge on any atom is 0.144 e. The van der Waals surface area contributed by atoms with Crippen LogP contribution in [0, 0.1) is 5.41 Å². The van der Waals surface area contributed by atoms with E-state index >= 15 is 0 Å². The van der Waals surface area contributed by atoms with Gasteiger partial charge in [0, 0.05) is 18.3 Å². The number of nitrogens with two attached hydrogens (primary N) is 1. The number of hydrogen-bond acceptors (Lipinski definition) is 4. The minimum Gasteiger partial charge on any atom is -0.308 e. The Balaban J connectivity index is 1.95. The summed E-state index contributed by atoms with van der Waals surface area (Å²) in [7, 11) is 0. The molecular formula is C14H24N4. The molecule has 1 aliphatic rings. The Labute approximate surface area is 110 Å². The second-order valence-electron chi connectivity index (χ2n) is 5.60. The van der Waals surface area contributed by atoms with Crippen molar-refractivity contribution in [1.29, 1.82) is 0 Å². The number of pyridine rings is 1. The van der Waals surface area contributed by atoms with Crippen LogP contribution in [0.25, 0.3) is 0 Å². The van der Waals surface area contributed by atoms with Crippen LogP contribution < -0.4 is 11.3 Å². The van der Waals surface area contributed by atoms with Crippen LogP contribution in [0.1, 0.15) is 38.7 Å². The minimum atomic E-state index is 0.542. The molecule has 1 fully saturated rings. The van der Waals surface area contributed by atoms with Gasteiger partial charge in [-0.25, -0.2) is 10.8 Å². The van der Waals surface area contributed by atoms with Crippen LogP contribution in [0.3, 0.4) is 0 Å². The van der Waals surface area contributed by atoms with Crippen LogP contribution in [0.5, 0.6) is 0 Å². The van der Waals surface area contributed by atoms with E-state index in [-0.39, 0.29) is 0 Å². The van der Waals surface area contributed by atoms with E-state index in [1.165, 1.54) is 37.9 Å². The number of hydrazine groups is 1. The predicted octanol–water partition coefficient (Wildman–Crippen LogP) is 2.38. The first kappa shape index (κ1) is 13.3. The molecule has 100 valence electrons. The zero-order valence-electron chi connectivity index (χ0n) is 11.4. The van der Waals surface area contributed by atoms with E-state index in [1.54, 1.807) is 6.20 Å². The summed E-state index contributed by atoms with van der Waals surface area (Å²) in [5, 5.41) is 0. The highest BCUT2D eigenvalue weighted by Crippen LogP contribution is 2.34. The van der Waals surface area contributed by atoms with Crippen LogP contribution in [0.4, 0.5) is 5.82 Å². The minimum absolute atomic E-state index is 0.542. The normalized spacial score (nSPS) is 19.7. The highest BCUT2D eigenvalue weighted by atomic mass is 15.3. The molecule has 0 bridgehead atoms. The monoisotopic (exact) mass is 248 g/mol. The van der Waals surface area contributed by atoms with Gasteiger partial charge in [-0.1, -0.05) is 26.3 Å². The lowest BCUT2D eigenvalue weighted by atomic mass is 9.78. The van der Waals surface area contributed by atoms with Crippen molar-refractivity contribution in [2.45, 2.75) is 39.7 Å². The molecule has 0 saturated carbocycles. The molecule has 0 aliphatic carbocycles. The number of rotatable bonds is 4. The summed E-state index contributed by atoms with van der Waals surface area (Å²) in [6.07, 6.45) is 5.62. The molecule has 1 aliphatic heterocycles. The molecule has 0 amide bonds. The predicted molar refractivity (Wildman–Crippen MR) is 75.0 cm³/mol. The molecule has 3 N–H and O–H groups in total. The van der Waals surface area contributed by atoms with Crippen molar-refractivity contribution in [2.75, 3.05) is 18.5 Å². The Kier molecular flexibility index (Phi) is 4.19. The van der Waals surface area contributed by atoms with Crippen molar-refractivity contribution in [3.05, 3.63) is 23.9 Å². The molecule has 0 unspecified atom stereocenters. The molecule has 0 atom stereocenters. The van der Waals surface area contributed by atoms with Gasteiger partial charge in [0.2, 0.25) is 0 Å². The van der Waals surface area contributed by atoms with Gasteiger partial charge in [0.1, 0.15) is 5.82 Å². The third-order valence-corrected chi connectivity index (χ3v) is 4.34. The van der Waals surface area contributed by atoms with Gasteiger partial charge in [-0.3, -0.25) is 4.90 Å². The van der Waals surface area contributed by atoms with Crippen molar-refractivity contribution in [2.24, 2.45) is 11.3 Å². The smallest absolute Gasteiger partial charge is 0.144 e. The number of nitrogen functional groups attached to an aromatic ring is 1. The van der Waals surface area contributed by atoms with Crippen LogP contribution >= 0.6 is 0 Å². The Bertz CT molecular complexity index is 383. The Morgan fingerprint density at radius 2 is 2.17 bits per heavy atom. The molecule has 2 heterocycles. The topological polar surface area (TPSA) is 54.2 Å². The molecule has 4 nitrogen and oxygen atoms in total. The van der Waals surface area contributed by atoms with E-state index in [9.17, 15) is 0 Å². The van der Waals surface area contributed by atoms with Crippen molar-refractivity contribution in [1.82, 2.24) is 9.88 Å². The average Bonchev–Trinajstić information content (AvgIpc) is 2.42. The lowest BCUT2D eigenvalue weighted by molar-refractivity contribution is 0.110. The van der Waals surface area contributed by atoms with E-state index in [0.29, 0.717) is 5.41 Å². The van der Waals surface area contributed by atoms with Crippen molar-refractivity contribution in [3.8, 4) is 0 Å². The number of nitrogens with zero attached hydrogens (tertiary/aromatic N) is 2. The van der Waals surface area contributed by atoms with Gasteiger partial charge in [-0.2, -0.15) is 0 Å². The molecule has 0 spiro atoms. The average molecular weight is 248 g/mol. The summed E-state index contributed by atoms with van der Waals surface area (Å²) in [6.45, 7) is 7.98. The fourth-order valence-electron chi connectivity index (χ4n) is 2.54. The van der Waals surface area contributed by atoms with Crippen molar-refractivity contribution < 1.29 is 0 Å². The molecule has 1 saturated heterocycles. The maximum atomic E-state index is 5.49.